The first-order valence-electron chi connectivity index (χ1n) is 11.3. The number of anilines is 1. The molecule has 1 fully saturated rings. The van der Waals surface area contributed by atoms with Gasteiger partial charge in [0.15, 0.2) is 5.78 Å². The number of hydrogen-bond acceptors (Lipinski definition) is 4. The molecular weight excluding hydrogens is 424 g/mol. The second-order valence-corrected chi connectivity index (χ2v) is 8.66. The molecule has 2 N–H and O–H groups in total. The highest BCUT2D eigenvalue weighted by Gasteiger charge is 2.23. The fourth-order valence-electron chi connectivity index (χ4n) is 4.04. The zero-order chi connectivity index (χ0) is 22.1. The lowest BCUT2D eigenvalue weighted by molar-refractivity contribution is -0.121. The molecule has 2 aromatic carbocycles. The van der Waals surface area contributed by atoms with Crippen LogP contribution in [0.25, 0.3) is 0 Å². The number of amides is 1. The molecule has 0 aliphatic carbocycles. The largest absolute Gasteiger partial charge is 0.389 e. The number of benzene rings is 2. The number of likely N-dealkylation sites (tertiary alicyclic amines) is 1. The SMILES string of the molecule is CN1CCC(C(=O)Nc2ccc(CCCCc3ccc(CC(=O)CO)cc3)cc2)CC1.Cl. The van der Waals surface area contributed by atoms with Crippen molar-refractivity contribution < 1.29 is 14.7 Å². The number of aliphatic hydroxyl groups is 1. The van der Waals surface area contributed by atoms with Gasteiger partial charge >= 0.3 is 0 Å². The maximum atomic E-state index is 12.4. The van der Waals surface area contributed by atoms with Gasteiger partial charge in [0.25, 0.3) is 0 Å². The number of unbranched alkanes of at least 4 members (excludes halogenated alkanes) is 1. The molecule has 5 nitrogen and oxygen atoms in total. The number of halogens is 1. The Balaban J connectivity index is 0.00000363. The van der Waals surface area contributed by atoms with Crippen molar-refractivity contribution >= 4 is 29.8 Å². The number of aliphatic hydroxyl groups excluding tert-OH is 1. The summed E-state index contributed by atoms with van der Waals surface area (Å²) in [6, 6.07) is 16.3. The van der Waals surface area contributed by atoms with Crippen molar-refractivity contribution in [1.29, 1.82) is 0 Å². The molecule has 6 heteroatoms. The van der Waals surface area contributed by atoms with Crippen molar-refractivity contribution in [2.75, 3.05) is 32.1 Å². The van der Waals surface area contributed by atoms with Gasteiger partial charge in [0.05, 0.1) is 0 Å². The molecule has 0 spiro atoms. The Labute approximate surface area is 197 Å². The molecule has 1 aliphatic heterocycles. The first kappa shape index (κ1) is 26.0. The van der Waals surface area contributed by atoms with Gasteiger partial charge in [0, 0.05) is 18.0 Å². The smallest absolute Gasteiger partial charge is 0.227 e. The number of nitrogens with zero attached hydrogens (tertiary/aromatic N) is 1. The second kappa shape index (κ2) is 13.4. The number of rotatable bonds is 10. The van der Waals surface area contributed by atoms with E-state index in [-0.39, 0.29) is 30.0 Å². The highest BCUT2D eigenvalue weighted by Crippen LogP contribution is 2.19. The number of nitrogens with one attached hydrogen (secondary N) is 1. The molecule has 174 valence electrons. The molecule has 1 saturated heterocycles. The lowest BCUT2D eigenvalue weighted by Gasteiger charge is -2.28. The topological polar surface area (TPSA) is 69.6 Å². The van der Waals surface area contributed by atoms with E-state index in [4.69, 9.17) is 5.11 Å². The monoisotopic (exact) mass is 458 g/mol. The summed E-state index contributed by atoms with van der Waals surface area (Å²) in [6.07, 6.45) is 6.40. The van der Waals surface area contributed by atoms with Crippen LogP contribution in [0, 0.1) is 5.92 Å². The summed E-state index contributed by atoms with van der Waals surface area (Å²) in [6.45, 7) is 1.59. The van der Waals surface area contributed by atoms with Crippen molar-refractivity contribution in [1.82, 2.24) is 4.90 Å². The van der Waals surface area contributed by atoms with Crippen LogP contribution in [-0.4, -0.2) is 48.4 Å². The third-order valence-electron chi connectivity index (χ3n) is 6.09. The van der Waals surface area contributed by atoms with Gasteiger partial charge in [-0.1, -0.05) is 36.4 Å². The zero-order valence-corrected chi connectivity index (χ0v) is 19.7. The van der Waals surface area contributed by atoms with Crippen LogP contribution in [0.15, 0.2) is 48.5 Å². The molecule has 0 radical (unpaired) electrons. The fourth-order valence-corrected chi connectivity index (χ4v) is 4.04. The Kier molecular flexibility index (Phi) is 10.9. The minimum Gasteiger partial charge on any atom is -0.389 e. The molecular formula is C26H35ClN2O3. The van der Waals surface area contributed by atoms with E-state index in [9.17, 15) is 9.59 Å². The predicted octanol–water partition coefficient (Wildman–Crippen LogP) is 4.06. The molecule has 2 aromatic rings. The number of ketones is 1. The molecule has 1 aliphatic rings. The van der Waals surface area contributed by atoms with Crippen LogP contribution in [0.2, 0.25) is 0 Å². The van der Waals surface area contributed by atoms with Crippen molar-refractivity contribution in [3.63, 3.8) is 0 Å². The summed E-state index contributed by atoms with van der Waals surface area (Å²) >= 11 is 0. The average molecular weight is 459 g/mol. The van der Waals surface area contributed by atoms with Crippen LogP contribution in [-0.2, 0) is 28.9 Å². The van der Waals surface area contributed by atoms with E-state index in [2.05, 4.69) is 41.5 Å². The summed E-state index contributed by atoms with van der Waals surface area (Å²) in [5.74, 6) is 0.118. The summed E-state index contributed by atoms with van der Waals surface area (Å²) in [5.41, 5.74) is 4.39. The lowest BCUT2D eigenvalue weighted by atomic mass is 9.96. The molecule has 0 saturated carbocycles. The van der Waals surface area contributed by atoms with E-state index in [1.165, 1.54) is 11.1 Å². The van der Waals surface area contributed by atoms with Crippen LogP contribution >= 0.6 is 12.4 Å². The molecule has 0 unspecified atom stereocenters. The van der Waals surface area contributed by atoms with E-state index >= 15 is 0 Å². The first-order chi connectivity index (χ1) is 15.0. The molecule has 0 bridgehead atoms. The minimum absolute atomic E-state index is 0. The highest BCUT2D eigenvalue weighted by atomic mass is 35.5. The number of piperidine rings is 1. The standard InChI is InChI=1S/C26H34N2O3.ClH/c1-28-16-14-23(15-17-28)26(31)27-24-12-10-21(11-13-24)5-3-2-4-20-6-8-22(9-7-20)18-25(30)19-29;/h6-13,23,29H,2-5,14-19H2,1H3,(H,27,31);1H. The number of Topliss-reactive ketones (excluding diaryl/α,β-unsaturated/α-hetero) is 1. The third-order valence-corrected chi connectivity index (χ3v) is 6.09. The van der Waals surface area contributed by atoms with Gasteiger partial charge in [-0.2, -0.15) is 0 Å². The van der Waals surface area contributed by atoms with E-state index in [0.29, 0.717) is 6.42 Å². The Morgan fingerprint density at radius 2 is 1.41 bits per heavy atom. The molecule has 32 heavy (non-hydrogen) atoms. The average Bonchev–Trinajstić information content (AvgIpc) is 2.79. The van der Waals surface area contributed by atoms with Crippen molar-refractivity contribution in [3.05, 3.63) is 65.2 Å². The normalized spacial score (nSPS) is 14.6. The van der Waals surface area contributed by atoms with Gasteiger partial charge in [0.2, 0.25) is 5.91 Å². The van der Waals surface area contributed by atoms with Crippen LogP contribution in [0.3, 0.4) is 0 Å². The summed E-state index contributed by atoms with van der Waals surface area (Å²) < 4.78 is 0. The first-order valence-corrected chi connectivity index (χ1v) is 11.3. The second-order valence-electron chi connectivity index (χ2n) is 8.66. The van der Waals surface area contributed by atoms with Crippen molar-refractivity contribution in [2.45, 2.75) is 44.9 Å². The minimum atomic E-state index is -0.395. The molecule has 1 heterocycles. The van der Waals surface area contributed by atoms with Crippen LogP contribution in [0.5, 0.6) is 0 Å². The van der Waals surface area contributed by atoms with Crippen LogP contribution in [0.1, 0.15) is 42.4 Å². The van der Waals surface area contributed by atoms with Gasteiger partial charge in [-0.15, -0.1) is 12.4 Å². The summed E-state index contributed by atoms with van der Waals surface area (Å²) in [5, 5.41) is 11.9. The maximum Gasteiger partial charge on any atom is 0.227 e. The predicted molar refractivity (Wildman–Crippen MR) is 131 cm³/mol. The Hall–Kier alpha value is -2.21. The van der Waals surface area contributed by atoms with Gasteiger partial charge in [-0.3, -0.25) is 9.59 Å². The Morgan fingerprint density at radius 1 is 0.906 bits per heavy atom. The van der Waals surface area contributed by atoms with Gasteiger partial charge in [-0.25, -0.2) is 0 Å². The zero-order valence-electron chi connectivity index (χ0n) is 18.9. The van der Waals surface area contributed by atoms with Gasteiger partial charge in [0.1, 0.15) is 6.61 Å². The fraction of sp³-hybridized carbons (Fsp3) is 0.462. The van der Waals surface area contributed by atoms with Crippen LogP contribution < -0.4 is 5.32 Å². The Bertz CT molecular complexity index is 844. The van der Waals surface area contributed by atoms with E-state index in [1.807, 2.05) is 24.3 Å². The number of aryl methyl sites for hydroxylation is 2. The summed E-state index contributed by atoms with van der Waals surface area (Å²) in [7, 11) is 2.10. The maximum absolute atomic E-state index is 12.4. The summed E-state index contributed by atoms with van der Waals surface area (Å²) in [4.78, 5) is 26.0. The van der Waals surface area contributed by atoms with Gasteiger partial charge in [-0.05, 0) is 87.5 Å². The quantitative estimate of drug-likeness (QED) is 0.527. The van der Waals surface area contributed by atoms with E-state index in [1.54, 1.807) is 0 Å². The van der Waals surface area contributed by atoms with Crippen molar-refractivity contribution in [2.24, 2.45) is 5.92 Å². The highest BCUT2D eigenvalue weighted by molar-refractivity contribution is 5.92. The molecule has 0 atom stereocenters. The molecule has 3 rings (SSSR count). The molecule has 1 amide bonds. The van der Waals surface area contributed by atoms with E-state index < -0.39 is 6.61 Å². The number of hydrogen-bond donors (Lipinski definition) is 2. The Morgan fingerprint density at radius 3 is 1.94 bits per heavy atom. The lowest BCUT2D eigenvalue weighted by Crippen LogP contribution is -2.35. The van der Waals surface area contributed by atoms with E-state index in [0.717, 1.165) is 62.9 Å². The molecule has 0 aromatic heterocycles. The van der Waals surface area contributed by atoms with Crippen LogP contribution in [0.4, 0.5) is 5.69 Å². The third kappa shape index (κ3) is 8.38. The number of carbonyl (C=O) groups is 2. The van der Waals surface area contributed by atoms with Gasteiger partial charge < -0.3 is 15.3 Å². The number of carbonyl (C=O) groups excluding carboxylic acids is 2. The van der Waals surface area contributed by atoms with Crippen molar-refractivity contribution in [3.8, 4) is 0 Å².